The average molecular weight is 363 g/mol. The number of anilines is 1. The van der Waals surface area contributed by atoms with Gasteiger partial charge in [-0.3, -0.25) is 9.78 Å². The predicted octanol–water partition coefficient (Wildman–Crippen LogP) is 3.67. The second-order valence-corrected chi connectivity index (χ2v) is 7.58. The highest BCUT2D eigenvalue weighted by Crippen LogP contribution is 2.31. The number of hydrogen-bond donors (Lipinski definition) is 2. The predicted molar refractivity (Wildman–Crippen MR) is 107 cm³/mol. The van der Waals surface area contributed by atoms with Gasteiger partial charge in [0.1, 0.15) is 17.1 Å². The molecule has 1 aromatic carbocycles. The van der Waals surface area contributed by atoms with Gasteiger partial charge in [-0.05, 0) is 43.4 Å². The molecule has 0 atom stereocenters. The molecule has 0 radical (unpaired) electrons. The second-order valence-electron chi connectivity index (χ2n) is 7.58. The number of fused-ring (bicyclic) bond motifs is 1. The molecule has 1 fully saturated rings. The zero-order valence-electron chi connectivity index (χ0n) is 15.6. The van der Waals surface area contributed by atoms with E-state index in [9.17, 15) is 4.79 Å². The summed E-state index contributed by atoms with van der Waals surface area (Å²) in [5, 5.41) is 5.66. The van der Waals surface area contributed by atoms with E-state index in [1.165, 1.54) is 32.1 Å². The molecule has 1 saturated carbocycles. The molecule has 140 valence electrons. The number of pyridine rings is 1. The molecule has 1 aliphatic rings. The molecule has 0 spiro atoms. The van der Waals surface area contributed by atoms with Gasteiger partial charge in [-0.15, -0.1) is 0 Å². The van der Waals surface area contributed by atoms with Crippen molar-refractivity contribution >= 4 is 22.6 Å². The Morgan fingerprint density at radius 1 is 1.22 bits per heavy atom. The molecule has 1 aliphatic carbocycles. The third-order valence-corrected chi connectivity index (χ3v) is 5.51. The Morgan fingerprint density at radius 2 is 2.00 bits per heavy atom. The van der Waals surface area contributed by atoms with Crippen LogP contribution in [0.3, 0.4) is 0 Å². The number of carbonyl (C=O) groups excluding carboxylic acids is 1. The van der Waals surface area contributed by atoms with Crippen LogP contribution in [0.5, 0.6) is 0 Å². The number of aryl methyl sites for hydroxylation is 1. The summed E-state index contributed by atoms with van der Waals surface area (Å²) in [6, 6.07) is 8.08. The number of rotatable bonds is 4. The number of hydrogen-bond acceptors (Lipinski definition) is 4. The van der Waals surface area contributed by atoms with Gasteiger partial charge in [-0.1, -0.05) is 31.4 Å². The molecule has 6 heteroatoms. The third-order valence-electron chi connectivity index (χ3n) is 5.51. The van der Waals surface area contributed by atoms with Crippen LogP contribution in [0.15, 0.2) is 30.5 Å². The average Bonchev–Trinajstić information content (AvgIpc) is 2.98. The zero-order chi connectivity index (χ0) is 19.0. The maximum atomic E-state index is 12.1. The molecule has 0 bridgehead atoms. The molecule has 0 unspecified atom stereocenters. The fourth-order valence-electron chi connectivity index (χ4n) is 4.03. The number of primary amides is 1. The van der Waals surface area contributed by atoms with Gasteiger partial charge in [0.05, 0.1) is 5.52 Å². The van der Waals surface area contributed by atoms with Crippen molar-refractivity contribution in [2.75, 3.05) is 5.73 Å². The standard InChI is InChI=1S/C21H25N5O/c1-13-7-8-15-10-16(11-24-17(15)9-13)19-18(21(23)27)20(22)26(25-19)12-14-5-3-2-4-6-14/h7-11,14H,2-6,12,22H2,1H3,(H2,23,27). The Hall–Kier alpha value is -2.89. The van der Waals surface area contributed by atoms with Gasteiger partial charge in [-0.25, -0.2) is 4.68 Å². The Bertz CT molecular complexity index is 1000. The lowest BCUT2D eigenvalue weighted by Crippen LogP contribution is -2.18. The Balaban J connectivity index is 1.76. The van der Waals surface area contributed by atoms with Crippen LogP contribution in [0.4, 0.5) is 5.82 Å². The quantitative estimate of drug-likeness (QED) is 0.738. The molecule has 4 N–H and O–H groups in total. The van der Waals surface area contributed by atoms with Crippen LogP contribution >= 0.6 is 0 Å². The Kier molecular flexibility index (Phi) is 4.56. The summed E-state index contributed by atoms with van der Waals surface area (Å²) >= 11 is 0. The van der Waals surface area contributed by atoms with Gasteiger partial charge >= 0.3 is 0 Å². The number of benzene rings is 1. The second kappa shape index (κ2) is 7.02. The van der Waals surface area contributed by atoms with Gasteiger partial charge in [0, 0.05) is 23.7 Å². The van der Waals surface area contributed by atoms with Gasteiger partial charge in [0.15, 0.2) is 0 Å². The lowest BCUT2D eigenvalue weighted by Gasteiger charge is -2.21. The van der Waals surface area contributed by atoms with Crippen molar-refractivity contribution in [2.24, 2.45) is 11.7 Å². The molecule has 2 aromatic heterocycles. The first-order chi connectivity index (χ1) is 13.0. The lowest BCUT2D eigenvalue weighted by atomic mass is 9.89. The van der Waals surface area contributed by atoms with Crippen molar-refractivity contribution < 1.29 is 4.79 Å². The summed E-state index contributed by atoms with van der Waals surface area (Å²) < 4.78 is 1.75. The summed E-state index contributed by atoms with van der Waals surface area (Å²) in [5.41, 5.74) is 15.5. The van der Waals surface area contributed by atoms with Crippen molar-refractivity contribution in [3.8, 4) is 11.3 Å². The number of carbonyl (C=O) groups is 1. The third kappa shape index (κ3) is 3.39. The van der Waals surface area contributed by atoms with E-state index in [-0.39, 0.29) is 0 Å². The van der Waals surface area contributed by atoms with Gasteiger partial charge < -0.3 is 11.5 Å². The Labute approximate surface area is 158 Å². The van der Waals surface area contributed by atoms with E-state index in [1.54, 1.807) is 10.9 Å². The minimum absolute atomic E-state index is 0.291. The fraction of sp³-hybridized carbons (Fsp3) is 0.381. The van der Waals surface area contributed by atoms with Gasteiger partial charge in [0.2, 0.25) is 0 Å². The molecular formula is C21H25N5O. The highest BCUT2D eigenvalue weighted by atomic mass is 16.1. The van der Waals surface area contributed by atoms with Crippen LogP contribution in [-0.4, -0.2) is 20.7 Å². The maximum Gasteiger partial charge on any atom is 0.254 e. The summed E-state index contributed by atoms with van der Waals surface area (Å²) in [7, 11) is 0. The summed E-state index contributed by atoms with van der Waals surface area (Å²) in [6.07, 6.45) is 7.88. The van der Waals surface area contributed by atoms with Crippen molar-refractivity contribution in [1.29, 1.82) is 0 Å². The number of nitrogen functional groups attached to an aromatic ring is 1. The van der Waals surface area contributed by atoms with E-state index in [0.717, 1.165) is 28.6 Å². The maximum absolute atomic E-state index is 12.1. The highest BCUT2D eigenvalue weighted by Gasteiger charge is 2.24. The topological polar surface area (TPSA) is 99.8 Å². The molecule has 0 aliphatic heterocycles. The van der Waals surface area contributed by atoms with Crippen molar-refractivity contribution in [3.63, 3.8) is 0 Å². The van der Waals surface area contributed by atoms with Crippen molar-refractivity contribution in [2.45, 2.75) is 45.6 Å². The smallest absolute Gasteiger partial charge is 0.254 e. The lowest BCUT2D eigenvalue weighted by molar-refractivity contribution is 0.100. The molecule has 4 rings (SSSR count). The van der Waals surface area contributed by atoms with Gasteiger partial charge in [0.25, 0.3) is 5.91 Å². The van der Waals surface area contributed by atoms with Crippen LogP contribution in [0, 0.1) is 12.8 Å². The van der Waals surface area contributed by atoms with E-state index in [4.69, 9.17) is 11.5 Å². The number of nitrogens with two attached hydrogens (primary N) is 2. The first-order valence-corrected chi connectivity index (χ1v) is 9.56. The van der Waals surface area contributed by atoms with E-state index in [1.807, 2.05) is 31.2 Å². The highest BCUT2D eigenvalue weighted by molar-refractivity contribution is 6.03. The van der Waals surface area contributed by atoms with E-state index < -0.39 is 5.91 Å². The molecular weight excluding hydrogens is 338 g/mol. The largest absolute Gasteiger partial charge is 0.383 e. The summed E-state index contributed by atoms with van der Waals surface area (Å²) in [5.74, 6) is 0.348. The molecule has 2 heterocycles. The van der Waals surface area contributed by atoms with Crippen LogP contribution in [0.1, 0.15) is 48.0 Å². The van der Waals surface area contributed by atoms with E-state index in [0.29, 0.717) is 23.0 Å². The zero-order valence-corrected chi connectivity index (χ0v) is 15.6. The fourth-order valence-corrected chi connectivity index (χ4v) is 4.03. The molecule has 3 aromatic rings. The van der Waals surface area contributed by atoms with Crippen LogP contribution in [0.25, 0.3) is 22.2 Å². The van der Waals surface area contributed by atoms with Crippen molar-refractivity contribution in [3.05, 3.63) is 41.6 Å². The summed E-state index contributed by atoms with van der Waals surface area (Å²) in [4.78, 5) is 16.6. The number of aromatic nitrogens is 3. The van der Waals surface area contributed by atoms with E-state index in [2.05, 4.69) is 10.1 Å². The first-order valence-electron chi connectivity index (χ1n) is 9.56. The van der Waals surface area contributed by atoms with Crippen LogP contribution in [-0.2, 0) is 6.54 Å². The number of amides is 1. The minimum atomic E-state index is -0.554. The summed E-state index contributed by atoms with van der Waals surface area (Å²) in [6.45, 7) is 2.76. The van der Waals surface area contributed by atoms with Crippen LogP contribution < -0.4 is 11.5 Å². The Morgan fingerprint density at radius 3 is 2.74 bits per heavy atom. The molecule has 0 saturated heterocycles. The number of nitrogens with zero attached hydrogens (tertiary/aromatic N) is 3. The van der Waals surface area contributed by atoms with E-state index >= 15 is 0 Å². The monoisotopic (exact) mass is 363 g/mol. The SMILES string of the molecule is Cc1ccc2cc(-c3nn(CC4CCCCC4)c(N)c3C(N)=O)cnc2c1. The molecule has 27 heavy (non-hydrogen) atoms. The molecule has 6 nitrogen and oxygen atoms in total. The normalized spacial score (nSPS) is 15.3. The molecule has 1 amide bonds. The van der Waals surface area contributed by atoms with Gasteiger partial charge in [-0.2, -0.15) is 5.10 Å². The minimum Gasteiger partial charge on any atom is -0.383 e. The first kappa shape index (κ1) is 17.5. The van der Waals surface area contributed by atoms with Crippen molar-refractivity contribution in [1.82, 2.24) is 14.8 Å². The van der Waals surface area contributed by atoms with Crippen LogP contribution in [0.2, 0.25) is 0 Å².